The van der Waals surface area contributed by atoms with E-state index in [1.54, 1.807) is 11.3 Å². The van der Waals surface area contributed by atoms with Gasteiger partial charge in [-0.2, -0.15) is 0 Å². The Morgan fingerprint density at radius 3 is 2.59 bits per heavy atom. The average molecular weight is 288 g/mol. The van der Waals surface area contributed by atoms with Gasteiger partial charge in [0.2, 0.25) is 0 Å². The Kier molecular flexibility index (Phi) is 4.31. The number of thiophene rings is 1. The second kappa shape index (κ2) is 5.57. The fourth-order valence-corrected chi connectivity index (χ4v) is 3.70. The van der Waals surface area contributed by atoms with Gasteiger partial charge in [0.1, 0.15) is 0 Å². The molecule has 1 nitrogen and oxygen atoms in total. The van der Waals surface area contributed by atoms with Gasteiger partial charge >= 0.3 is 0 Å². The van der Waals surface area contributed by atoms with Crippen LogP contribution >= 0.6 is 34.5 Å². The third-order valence-electron chi connectivity index (χ3n) is 2.79. The zero-order valence-corrected chi connectivity index (χ0v) is 12.3. The minimum Gasteiger partial charge on any atom is -0.312 e. The average Bonchev–Trinajstić information content (AvgIpc) is 2.64. The zero-order valence-electron chi connectivity index (χ0n) is 9.94. The summed E-state index contributed by atoms with van der Waals surface area (Å²) in [5, 5.41) is 6.11. The van der Waals surface area contributed by atoms with Gasteiger partial charge in [0.05, 0.1) is 9.72 Å². The Morgan fingerprint density at radius 1 is 1.24 bits per heavy atom. The molecule has 0 atom stereocenters. The topological polar surface area (TPSA) is 12.0 Å². The second-order valence-corrected chi connectivity index (χ2v) is 5.98. The molecule has 1 heterocycles. The molecular formula is C13H15Cl2NS. The van der Waals surface area contributed by atoms with Crippen LogP contribution in [0.15, 0.2) is 12.1 Å². The molecule has 0 aliphatic rings. The molecule has 0 saturated carbocycles. The monoisotopic (exact) mass is 287 g/mol. The van der Waals surface area contributed by atoms with Crippen molar-refractivity contribution < 1.29 is 0 Å². The van der Waals surface area contributed by atoms with E-state index in [0.29, 0.717) is 0 Å². The molecule has 4 heteroatoms. The van der Waals surface area contributed by atoms with Gasteiger partial charge < -0.3 is 5.32 Å². The highest BCUT2D eigenvalue weighted by Gasteiger charge is 2.13. The summed E-state index contributed by atoms with van der Waals surface area (Å²) >= 11 is 14.2. The first-order valence-electron chi connectivity index (χ1n) is 5.71. The minimum atomic E-state index is 0.791. The SMILES string of the molecule is CCCNCc1sc2c(Cl)ccc(Cl)c2c1C. The largest absolute Gasteiger partial charge is 0.312 e. The Morgan fingerprint density at radius 2 is 1.94 bits per heavy atom. The third kappa shape index (κ3) is 2.60. The number of rotatable bonds is 4. The first kappa shape index (κ1) is 13.2. The van der Waals surface area contributed by atoms with E-state index in [-0.39, 0.29) is 0 Å². The molecule has 1 N–H and O–H groups in total. The lowest BCUT2D eigenvalue weighted by Crippen LogP contribution is -2.13. The van der Waals surface area contributed by atoms with E-state index >= 15 is 0 Å². The maximum Gasteiger partial charge on any atom is 0.0585 e. The molecule has 1 aromatic carbocycles. The van der Waals surface area contributed by atoms with Crippen LogP contribution in [0.25, 0.3) is 10.1 Å². The van der Waals surface area contributed by atoms with Gasteiger partial charge in [-0.15, -0.1) is 11.3 Å². The van der Waals surface area contributed by atoms with Crippen LogP contribution in [-0.2, 0) is 6.54 Å². The summed E-state index contributed by atoms with van der Waals surface area (Å²) in [6, 6.07) is 3.74. The van der Waals surface area contributed by atoms with Crippen molar-refractivity contribution in [1.29, 1.82) is 0 Å². The van der Waals surface area contributed by atoms with Crippen LogP contribution in [0.5, 0.6) is 0 Å². The number of nitrogens with one attached hydrogen (secondary N) is 1. The minimum absolute atomic E-state index is 0.791. The van der Waals surface area contributed by atoms with Crippen molar-refractivity contribution in [2.45, 2.75) is 26.8 Å². The molecule has 0 bridgehead atoms. The van der Waals surface area contributed by atoms with Crippen LogP contribution in [0.1, 0.15) is 23.8 Å². The van der Waals surface area contributed by atoms with Gasteiger partial charge in [0.15, 0.2) is 0 Å². The van der Waals surface area contributed by atoms with Gasteiger partial charge in [-0.1, -0.05) is 30.1 Å². The van der Waals surface area contributed by atoms with Crippen molar-refractivity contribution >= 4 is 44.6 Å². The Labute approximate surface area is 116 Å². The van der Waals surface area contributed by atoms with Crippen LogP contribution in [0.2, 0.25) is 10.0 Å². The normalized spacial score (nSPS) is 11.3. The molecule has 0 unspecified atom stereocenters. The van der Waals surface area contributed by atoms with E-state index in [9.17, 15) is 0 Å². The standard InChI is InChI=1S/C13H15Cl2NS/c1-3-6-16-7-11-8(2)12-9(14)4-5-10(15)13(12)17-11/h4-5,16H,3,6-7H2,1-2H3. The number of hydrogen-bond donors (Lipinski definition) is 1. The van der Waals surface area contributed by atoms with E-state index in [1.165, 1.54) is 10.4 Å². The highest BCUT2D eigenvalue weighted by Crippen LogP contribution is 2.39. The van der Waals surface area contributed by atoms with Crippen LogP contribution in [0.4, 0.5) is 0 Å². The van der Waals surface area contributed by atoms with Crippen LogP contribution in [-0.4, -0.2) is 6.54 Å². The van der Waals surface area contributed by atoms with Gasteiger partial charge in [0, 0.05) is 21.8 Å². The maximum absolute atomic E-state index is 6.24. The molecule has 0 aliphatic carbocycles. The molecule has 0 spiro atoms. The molecule has 1 aromatic heterocycles. The van der Waals surface area contributed by atoms with Gasteiger partial charge in [-0.3, -0.25) is 0 Å². The van der Waals surface area contributed by atoms with E-state index < -0.39 is 0 Å². The van der Waals surface area contributed by atoms with Crippen molar-refractivity contribution in [3.63, 3.8) is 0 Å². The van der Waals surface area contributed by atoms with Crippen molar-refractivity contribution in [2.75, 3.05) is 6.54 Å². The summed E-state index contributed by atoms with van der Waals surface area (Å²) < 4.78 is 1.10. The Balaban J connectivity index is 2.42. The molecule has 17 heavy (non-hydrogen) atoms. The van der Waals surface area contributed by atoms with Crippen molar-refractivity contribution in [3.05, 3.63) is 32.6 Å². The number of fused-ring (bicyclic) bond motifs is 1. The smallest absolute Gasteiger partial charge is 0.0585 e. The van der Waals surface area contributed by atoms with Gasteiger partial charge in [-0.25, -0.2) is 0 Å². The highest BCUT2D eigenvalue weighted by atomic mass is 35.5. The van der Waals surface area contributed by atoms with E-state index in [4.69, 9.17) is 23.2 Å². The van der Waals surface area contributed by atoms with Gasteiger partial charge in [0.25, 0.3) is 0 Å². The maximum atomic E-state index is 6.24. The first-order chi connectivity index (χ1) is 8.15. The predicted molar refractivity (Wildman–Crippen MR) is 78.6 cm³/mol. The summed E-state index contributed by atoms with van der Waals surface area (Å²) in [5.41, 5.74) is 1.25. The number of aryl methyl sites for hydroxylation is 1. The number of halogens is 2. The Hall–Kier alpha value is -0.280. The summed E-state index contributed by atoms with van der Waals surface area (Å²) in [7, 11) is 0. The molecule has 0 fully saturated rings. The molecule has 0 amide bonds. The molecule has 0 aliphatic heterocycles. The fraction of sp³-hybridized carbons (Fsp3) is 0.385. The van der Waals surface area contributed by atoms with E-state index in [0.717, 1.165) is 39.6 Å². The fourth-order valence-electron chi connectivity index (χ4n) is 1.87. The lowest BCUT2D eigenvalue weighted by Gasteiger charge is -2.01. The molecule has 92 valence electrons. The van der Waals surface area contributed by atoms with Crippen molar-refractivity contribution in [2.24, 2.45) is 0 Å². The zero-order chi connectivity index (χ0) is 12.4. The lowest BCUT2D eigenvalue weighted by atomic mass is 10.1. The third-order valence-corrected chi connectivity index (χ3v) is 4.86. The summed E-state index contributed by atoms with van der Waals surface area (Å²) in [4.78, 5) is 1.32. The molecule has 0 radical (unpaired) electrons. The summed E-state index contributed by atoms with van der Waals surface area (Å²) in [6.45, 7) is 6.21. The van der Waals surface area contributed by atoms with Gasteiger partial charge in [-0.05, 0) is 37.6 Å². The molecule has 2 aromatic rings. The lowest BCUT2D eigenvalue weighted by molar-refractivity contribution is 0.680. The quantitative estimate of drug-likeness (QED) is 0.779. The van der Waals surface area contributed by atoms with Crippen molar-refractivity contribution in [3.8, 4) is 0 Å². The first-order valence-corrected chi connectivity index (χ1v) is 7.29. The van der Waals surface area contributed by atoms with Crippen LogP contribution in [0.3, 0.4) is 0 Å². The predicted octanol–water partition coefficient (Wildman–Crippen LogP) is 5.02. The molecule has 0 saturated heterocycles. The van der Waals surface area contributed by atoms with Crippen LogP contribution < -0.4 is 5.32 Å². The summed E-state index contributed by atoms with van der Waals surface area (Å²) in [5.74, 6) is 0. The molecule has 2 rings (SSSR count). The highest BCUT2D eigenvalue weighted by molar-refractivity contribution is 7.20. The van der Waals surface area contributed by atoms with E-state index in [1.807, 2.05) is 12.1 Å². The van der Waals surface area contributed by atoms with Crippen LogP contribution in [0, 0.1) is 6.92 Å². The van der Waals surface area contributed by atoms with Crippen molar-refractivity contribution in [1.82, 2.24) is 5.32 Å². The number of benzene rings is 1. The second-order valence-electron chi connectivity index (χ2n) is 4.06. The summed E-state index contributed by atoms with van der Waals surface area (Å²) in [6.07, 6.45) is 1.14. The number of hydrogen-bond acceptors (Lipinski definition) is 2. The van der Waals surface area contributed by atoms with E-state index in [2.05, 4.69) is 19.2 Å². The Bertz CT molecular complexity index is 534. The molecular weight excluding hydrogens is 273 g/mol.